The van der Waals surface area contributed by atoms with Crippen molar-refractivity contribution >= 4 is 30.6 Å². The van der Waals surface area contributed by atoms with E-state index in [0.29, 0.717) is 0 Å². The van der Waals surface area contributed by atoms with Crippen LogP contribution in [0.2, 0.25) is 0 Å². The van der Waals surface area contributed by atoms with Crippen molar-refractivity contribution in [3.05, 3.63) is 23.9 Å². The van der Waals surface area contributed by atoms with Crippen molar-refractivity contribution in [3.63, 3.8) is 0 Å². The average molecular weight is 245 g/mol. The standard InChI is InChI=1S/C9H9ClN2O2S/c1-6-8-5-7(15(10,13)14)3-4-9(8)11-12(6)2/h3-5H,1-2H3. The van der Waals surface area contributed by atoms with Gasteiger partial charge in [0, 0.05) is 28.8 Å². The Balaban J connectivity index is 2.81. The van der Waals surface area contributed by atoms with Crippen LogP contribution in [0.15, 0.2) is 23.1 Å². The minimum atomic E-state index is -3.67. The van der Waals surface area contributed by atoms with Gasteiger partial charge in [-0.15, -0.1) is 0 Å². The van der Waals surface area contributed by atoms with Crippen LogP contribution in [-0.2, 0) is 16.1 Å². The molecule has 0 atom stereocenters. The second-order valence-corrected chi connectivity index (χ2v) is 5.89. The van der Waals surface area contributed by atoms with Gasteiger partial charge >= 0.3 is 0 Å². The van der Waals surface area contributed by atoms with Crippen LogP contribution < -0.4 is 0 Å². The fourth-order valence-corrected chi connectivity index (χ4v) is 2.23. The molecule has 0 fully saturated rings. The van der Waals surface area contributed by atoms with Crippen molar-refractivity contribution in [2.75, 3.05) is 0 Å². The molecule has 0 saturated carbocycles. The van der Waals surface area contributed by atoms with Crippen LogP contribution in [0.25, 0.3) is 10.9 Å². The van der Waals surface area contributed by atoms with E-state index in [1.807, 2.05) is 14.0 Å². The molecule has 1 heterocycles. The molecule has 1 aromatic heterocycles. The molecule has 0 aliphatic heterocycles. The number of rotatable bonds is 1. The third-order valence-corrected chi connectivity index (χ3v) is 3.73. The monoisotopic (exact) mass is 244 g/mol. The second kappa shape index (κ2) is 3.21. The van der Waals surface area contributed by atoms with Crippen molar-refractivity contribution < 1.29 is 8.42 Å². The molecule has 0 spiro atoms. The van der Waals surface area contributed by atoms with Gasteiger partial charge in [-0.25, -0.2) is 8.42 Å². The molecule has 0 N–H and O–H groups in total. The van der Waals surface area contributed by atoms with Crippen LogP contribution in [0, 0.1) is 6.92 Å². The first kappa shape index (κ1) is 10.4. The van der Waals surface area contributed by atoms with Crippen LogP contribution in [0.5, 0.6) is 0 Å². The van der Waals surface area contributed by atoms with Gasteiger partial charge < -0.3 is 0 Å². The molecule has 80 valence electrons. The molecule has 2 aromatic rings. The second-order valence-electron chi connectivity index (χ2n) is 3.33. The quantitative estimate of drug-likeness (QED) is 0.719. The van der Waals surface area contributed by atoms with Gasteiger partial charge in [0.15, 0.2) is 0 Å². The zero-order valence-corrected chi connectivity index (χ0v) is 9.80. The molecule has 2 rings (SSSR count). The number of fused-ring (bicyclic) bond motifs is 1. The lowest BCUT2D eigenvalue weighted by Gasteiger charge is -1.96. The summed E-state index contributed by atoms with van der Waals surface area (Å²) in [4.78, 5) is 0.104. The van der Waals surface area contributed by atoms with E-state index >= 15 is 0 Å². The number of aromatic nitrogens is 2. The van der Waals surface area contributed by atoms with Gasteiger partial charge in [-0.2, -0.15) is 5.10 Å². The highest BCUT2D eigenvalue weighted by Crippen LogP contribution is 2.23. The van der Waals surface area contributed by atoms with Gasteiger partial charge in [-0.3, -0.25) is 4.68 Å². The minimum absolute atomic E-state index is 0.104. The van der Waals surface area contributed by atoms with Crippen LogP contribution in [0.4, 0.5) is 0 Å². The molecule has 6 heteroatoms. The van der Waals surface area contributed by atoms with Crippen LogP contribution in [-0.4, -0.2) is 18.2 Å². The number of benzene rings is 1. The lowest BCUT2D eigenvalue weighted by Crippen LogP contribution is -1.91. The Morgan fingerprint density at radius 1 is 1.40 bits per heavy atom. The first-order valence-corrected chi connectivity index (χ1v) is 6.58. The first-order chi connectivity index (χ1) is 6.89. The third-order valence-electron chi connectivity index (χ3n) is 2.38. The average Bonchev–Trinajstić information content (AvgIpc) is 2.41. The van der Waals surface area contributed by atoms with Crippen molar-refractivity contribution in [1.29, 1.82) is 0 Å². The number of hydrogen-bond donors (Lipinski definition) is 0. The molecular weight excluding hydrogens is 236 g/mol. The Morgan fingerprint density at radius 2 is 2.07 bits per heavy atom. The third kappa shape index (κ3) is 1.72. The van der Waals surface area contributed by atoms with Gasteiger partial charge in [-0.05, 0) is 25.1 Å². The Bertz CT molecular complexity index is 631. The lowest BCUT2D eigenvalue weighted by molar-refractivity contribution is 0.609. The van der Waals surface area contributed by atoms with Gasteiger partial charge in [0.25, 0.3) is 9.05 Å². The van der Waals surface area contributed by atoms with E-state index in [2.05, 4.69) is 5.10 Å². The zero-order valence-electron chi connectivity index (χ0n) is 8.23. The van der Waals surface area contributed by atoms with E-state index in [9.17, 15) is 8.42 Å². The van der Waals surface area contributed by atoms with E-state index in [1.54, 1.807) is 16.8 Å². The molecule has 0 bridgehead atoms. The highest BCUT2D eigenvalue weighted by Gasteiger charge is 2.12. The summed E-state index contributed by atoms with van der Waals surface area (Å²) < 4.78 is 24.0. The fraction of sp³-hybridized carbons (Fsp3) is 0.222. The maximum atomic E-state index is 11.1. The van der Waals surface area contributed by atoms with Crippen molar-refractivity contribution in [1.82, 2.24) is 9.78 Å². The molecule has 0 amide bonds. The Labute approximate surface area is 91.9 Å². The van der Waals surface area contributed by atoms with E-state index in [4.69, 9.17) is 10.7 Å². The Hall–Kier alpha value is -1.07. The summed E-state index contributed by atoms with van der Waals surface area (Å²) >= 11 is 0. The predicted octanol–water partition coefficient (Wildman–Crippen LogP) is 1.81. The largest absolute Gasteiger partial charge is 0.272 e. The van der Waals surface area contributed by atoms with E-state index in [1.165, 1.54) is 6.07 Å². The van der Waals surface area contributed by atoms with Gasteiger partial charge in [-0.1, -0.05) is 0 Å². The molecule has 4 nitrogen and oxygen atoms in total. The van der Waals surface area contributed by atoms with Gasteiger partial charge in [0.1, 0.15) is 0 Å². The van der Waals surface area contributed by atoms with Gasteiger partial charge in [0.05, 0.1) is 10.4 Å². The molecular formula is C9H9ClN2O2S. The molecule has 0 aliphatic rings. The summed E-state index contributed by atoms with van der Waals surface area (Å²) in [6, 6.07) is 4.65. The summed E-state index contributed by atoms with van der Waals surface area (Å²) in [6.45, 7) is 1.87. The number of hydrogen-bond acceptors (Lipinski definition) is 3. The molecule has 15 heavy (non-hydrogen) atoms. The normalized spacial score (nSPS) is 12.2. The maximum Gasteiger partial charge on any atom is 0.261 e. The van der Waals surface area contributed by atoms with Crippen molar-refractivity contribution in [2.45, 2.75) is 11.8 Å². The van der Waals surface area contributed by atoms with E-state index in [-0.39, 0.29) is 4.90 Å². The molecule has 1 aromatic carbocycles. The first-order valence-electron chi connectivity index (χ1n) is 4.27. The molecule has 0 aliphatic carbocycles. The smallest absolute Gasteiger partial charge is 0.261 e. The SMILES string of the molecule is Cc1c2cc(S(=O)(=O)Cl)ccc2nn1C. The summed E-state index contributed by atoms with van der Waals surface area (Å²) in [5.74, 6) is 0. The Morgan fingerprint density at radius 3 is 2.67 bits per heavy atom. The summed E-state index contributed by atoms with van der Waals surface area (Å²) in [7, 11) is 3.41. The number of aryl methyl sites for hydroxylation is 2. The molecule has 0 saturated heterocycles. The van der Waals surface area contributed by atoms with Crippen molar-refractivity contribution in [2.24, 2.45) is 7.05 Å². The van der Waals surface area contributed by atoms with Crippen molar-refractivity contribution in [3.8, 4) is 0 Å². The van der Waals surface area contributed by atoms with Crippen LogP contribution in [0.3, 0.4) is 0 Å². The van der Waals surface area contributed by atoms with Crippen LogP contribution in [0.1, 0.15) is 5.69 Å². The summed E-state index contributed by atoms with van der Waals surface area (Å²) in [5, 5.41) is 5.02. The predicted molar refractivity (Wildman–Crippen MR) is 58.5 cm³/mol. The lowest BCUT2D eigenvalue weighted by atomic mass is 10.2. The summed E-state index contributed by atoms with van der Waals surface area (Å²) in [5.41, 5.74) is 1.67. The summed E-state index contributed by atoms with van der Waals surface area (Å²) in [6.07, 6.45) is 0. The number of halogens is 1. The minimum Gasteiger partial charge on any atom is -0.272 e. The fourth-order valence-electron chi connectivity index (χ4n) is 1.45. The maximum absolute atomic E-state index is 11.1. The highest BCUT2D eigenvalue weighted by atomic mass is 35.7. The van der Waals surface area contributed by atoms with E-state index in [0.717, 1.165) is 16.6 Å². The molecule has 0 unspecified atom stereocenters. The topological polar surface area (TPSA) is 52.0 Å². The zero-order chi connectivity index (χ0) is 11.2. The number of nitrogens with zero attached hydrogens (tertiary/aromatic N) is 2. The van der Waals surface area contributed by atoms with Crippen LogP contribution >= 0.6 is 10.7 Å². The molecule has 0 radical (unpaired) electrons. The Kier molecular flexibility index (Phi) is 2.24. The van der Waals surface area contributed by atoms with E-state index < -0.39 is 9.05 Å². The van der Waals surface area contributed by atoms with Gasteiger partial charge in [0.2, 0.25) is 0 Å². The highest BCUT2D eigenvalue weighted by molar-refractivity contribution is 8.13.